The van der Waals surface area contributed by atoms with Crippen LogP contribution >= 0.6 is 11.9 Å². The van der Waals surface area contributed by atoms with Crippen molar-refractivity contribution >= 4 is 35.3 Å². The van der Waals surface area contributed by atoms with Gasteiger partial charge in [-0.15, -0.1) is 0 Å². The van der Waals surface area contributed by atoms with Crippen molar-refractivity contribution in [3.63, 3.8) is 0 Å². The van der Waals surface area contributed by atoms with Crippen LogP contribution in [0.4, 0.5) is 0 Å². The lowest BCUT2D eigenvalue weighted by Gasteiger charge is -2.29. The molecule has 7 nitrogen and oxygen atoms in total. The van der Waals surface area contributed by atoms with Crippen LogP contribution in [0.3, 0.4) is 0 Å². The van der Waals surface area contributed by atoms with Gasteiger partial charge in [-0.3, -0.25) is 0 Å². The topological polar surface area (TPSA) is 111 Å². The van der Waals surface area contributed by atoms with Gasteiger partial charge in [0.1, 0.15) is 17.5 Å². The van der Waals surface area contributed by atoms with Gasteiger partial charge in [0.2, 0.25) is 0 Å². The molecular weight excluding hydrogens is 384 g/mol. The zero-order valence-corrected chi connectivity index (χ0v) is 17.0. The Morgan fingerprint density at radius 3 is 2.90 bits per heavy atom. The molecule has 2 atom stereocenters. The quantitative estimate of drug-likeness (QED) is 0.470. The Balaban J connectivity index is 1.66. The second-order valence-electron chi connectivity index (χ2n) is 6.82. The number of unbranched alkanes of at least 4 members (excludes halogenated alkanes) is 1. The van der Waals surface area contributed by atoms with Crippen molar-refractivity contribution in [1.82, 2.24) is 0 Å². The number of oxime groups is 1. The van der Waals surface area contributed by atoms with Crippen LogP contribution in [-0.4, -0.2) is 34.9 Å². The van der Waals surface area contributed by atoms with E-state index in [0.717, 1.165) is 37.1 Å². The summed E-state index contributed by atoms with van der Waals surface area (Å²) in [4.78, 5) is 5.22. The number of rotatable bonds is 8. The summed E-state index contributed by atoms with van der Waals surface area (Å²) < 4.78 is 4.57. The Bertz CT molecular complexity index is 807. The highest BCUT2D eigenvalue weighted by atomic mass is 32.2. The Hall–Kier alpha value is -2.55. The number of hydrogen-bond donors (Lipinski definition) is 2. The smallest absolute Gasteiger partial charge is 0.122 e. The summed E-state index contributed by atoms with van der Waals surface area (Å²) in [5.74, 6) is 0. The van der Waals surface area contributed by atoms with Crippen LogP contribution in [0.25, 0.3) is 0 Å². The van der Waals surface area contributed by atoms with Crippen LogP contribution < -0.4 is 11.5 Å². The molecular formula is C21H26N6OS. The van der Waals surface area contributed by atoms with Crippen molar-refractivity contribution in [2.45, 2.75) is 43.7 Å². The van der Waals surface area contributed by atoms with E-state index >= 15 is 0 Å². The van der Waals surface area contributed by atoms with Gasteiger partial charge in [-0.05, 0) is 42.6 Å². The van der Waals surface area contributed by atoms with E-state index in [4.69, 9.17) is 16.3 Å². The third kappa shape index (κ3) is 5.96. The molecule has 3 rings (SSSR count). The fourth-order valence-corrected chi connectivity index (χ4v) is 3.65. The lowest BCUT2D eigenvalue weighted by molar-refractivity contribution is 0.266. The molecule has 3 heterocycles. The molecule has 0 saturated heterocycles. The van der Waals surface area contributed by atoms with Crippen molar-refractivity contribution in [2.75, 3.05) is 0 Å². The van der Waals surface area contributed by atoms with Gasteiger partial charge in [-0.2, -0.15) is 10.2 Å². The minimum absolute atomic E-state index is 0.147. The largest absolute Gasteiger partial charge is 0.365 e. The maximum Gasteiger partial charge on any atom is 0.122 e. The molecule has 8 heteroatoms. The standard InChI is InChI=1S/C21H26N6OS/c22-17(18-10-2-6-14-24-25-18)9-1-5-13-21(23,19-11-3-7-15-28-26-19)20-12-4-8-16-29-27-20/h2-4,7-8,10-12,14-17H,1,5-6,9,13,22-23H2. The lowest BCUT2D eigenvalue weighted by atomic mass is 9.82. The molecule has 4 N–H and O–H groups in total. The molecule has 0 aromatic rings. The van der Waals surface area contributed by atoms with E-state index in [1.807, 2.05) is 47.9 Å². The molecule has 0 amide bonds. The summed E-state index contributed by atoms with van der Waals surface area (Å²) in [6.07, 6.45) is 22.6. The molecule has 2 unspecified atom stereocenters. The number of nitrogens with two attached hydrogens (primary N) is 2. The summed E-state index contributed by atoms with van der Waals surface area (Å²) >= 11 is 1.36. The van der Waals surface area contributed by atoms with E-state index in [9.17, 15) is 0 Å². The van der Waals surface area contributed by atoms with Gasteiger partial charge in [-0.25, -0.2) is 4.40 Å². The molecule has 29 heavy (non-hydrogen) atoms. The first kappa shape index (κ1) is 21.2. The Morgan fingerprint density at radius 2 is 1.97 bits per heavy atom. The van der Waals surface area contributed by atoms with Crippen molar-refractivity contribution in [3.8, 4) is 0 Å². The van der Waals surface area contributed by atoms with E-state index in [2.05, 4.69) is 19.8 Å². The molecule has 0 aliphatic carbocycles. The van der Waals surface area contributed by atoms with E-state index in [1.54, 1.807) is 12.3 Å². The SMILES string of the molecule is NC(CCCCC(N)(C1=NOC=CC=C1)C1=NSC=CC=C1)C1=NN=CCC=C1. The summed E-state index contributed by atoms with van der Waals surface area (Å²) in [7, 11) is 0. The molecule has 152 valence electrons. The molecule has 3 aliphatic rings. The second-order valence-corrected chi connectivity index (χ2v) is 7.49. The maximum atomic E-state index is 6.87. The van der Waals surface area contributed by atoms with E-state index < -0.39 is 5.54 Å². The Kier molecular flexibility index (Phi) is 7.92. The van der Waals surface area contributed by atoms with Gasteiger partial charge in [0.05, 0.1) is 11.4 Å². The van der Waals surface area contributed by atoms with E-state index in [-0.39, 0.29) is 6.04 Å². The highest BCUT2D eigenvalue weighted by Crippen LogP contribution is 2.24. The predicted octanol–water partition coefficient (Wildman–Crippen LogP) is 3.59. The first-order valence-electron chi connectivity index (χ1n) is 9.65. The summed E-state index contributed by atoms with van der Waals surface area (Å²) in [5, 5.41) is 14.3. The minimum Gasteiger partial charge on any atom is -0.365 e. The second kappa shape index (κ2) is 10.8. The van der Waals surface area contributed by atoms with Crippen LogP contribution in [0.15, 0.2) is 80.0 Å². The van der Waals surface area contributed by atoms with Crippen LogP contribution in [0, 0.1) is 0 Å². The average Bonchev–Trinajstić information content (AvgIpc) is 3.27. The first-order valence-corrected chi connectivity index (χ1v) is 10.5. The summed E-state index contributed by atoms with van der Waals surface area (Å²) in [5.41, 5.74) is 14.5. The van der Waals surface area contributed by atoms with E-state index in [0.29, 0.717) is 12.1 Å². The zero-order chi connectivity index (χ0) is 20.4. The fourth-order valence-electron chi connectivity index (χ4n) is 3.09. The molecule has 3 aliphatic heterocycles. The van der Waals surface area contributed by atoms with Crippen molar-refractivity contribution in [3.05, 3.63) is 60.3 Å². The number of hydrogen-bond acceptors (Lipinski definition) is 8. The Morgan fingerprint density at radius 1 is 1.10 bits per heavy atom. The third-order valence-corrected chi connectivity index (χ3v) is 5.31. The molecule has 0 saturated carbocycles. The van der Waals surface area contributed by atoms with E-state index in [1.165, 1.54) is 18.2 Å². The summed E-state index contributed by atoms with van der Waals surface area (Å²) in [6, 6.07) is -0.147. The van der Waals surface area contributed by atoms with Crippen LogP contribution in [0.1, 0.15) is 32.1 Å². The molecule has 0 spiro atoms. The first-order chi connectivity index (χ1) is 14.2. The van der Waals surface area contributed by atoms with Crippen LogP contribution in [0.2, 0.25) is 0 Å². The van der Waals surface area contributed by atoms with Crippen molar-refractivity contribution in [2.24, 2.45) is 31.2 Å². The monoisotopic (exact) mass is 410 g/mol. The number of nitrogens with zero attached hydrogens (tertiary/aromatic N) is 4. The average molecular weight is 411 g/mol. The third-order valence-electron chi connectivity index (χ3n) is 4.73. The van der Waals surface area contributed by atoms with Crippen LogP contribution in [0.5, 0.6) is 0 Å². The van der Waals surface area contributed by atoms with Gasteiger partial charge in [0.15, 0.2) is 0 Å². The van der Waals surface area contributed by atoms with Gasteiger partial charge in [0, 0.05) is 30.6 Å². The normalized spacial score (nSPS) is 21.2. The highest BCUT2D eigenvalue weighted by molar-refractivity contribution is 8.01. The molecule has 0 aromatic carbocycles. The number of allylic oxidation sites excluding steroid dienone is 5. The van der Waals surface area contributed by atoms with Crippen LogP contribution in [-0.2, 0) is 4.84 Å². The van der Waals surface area contributed by atoms with Gasteiger partial charge < -0.3 is 16.3 Å². The maximum absolute atomic E-state index is 6.87. The van der Waals surface area contributed by atoms with Crippen molar-refractivity contribution in [1.29, 1.82) is 0 Å². The molecule has 0 radical (unpaired) electrons. The summed E-state index contributed by atoms with van der Waals surface area (Å²) in [6.45, 7) is 0. The predicted molar refractivity (Wildman–Crippen MR) is 123 cm³/mol. The van der Waals surface area contributed by atoms with Gasteiger partial charge in [-0.1, -0.05) is 42.3 Å². The Labute approximate surface area is 175 Å². The van der Waals surface area contributed by atoms with Crippen molar-refractivity contribution < 1.29 is 4.84 Å². The van der Waals surface area contributed by atoms with Gasteiger partial charge in [0.25, 0.3) is 0 Å². The fraction of sp³-hybridized carbons (Fsp3) is 0.333. The lowest BCUT2D eigenvalue weighted by Crippen LogP contribution is -2.53. The zero-order valence-electron chi connectivity index (χ0n) is 16.2. The minimum atomic E-state index is -0.855. The molecule has 0 fully saturated rings. The highest BCUT2D eigenvalue weighted by Gasteiger charge is 2.35. The molecule has 0 bridgehead atoms. The molecule has 0 aromatic heterocycles. The van der Waals surface area contributed by atoms with Gasteiger partial charge >= 0.3 is 0 Å².